The van der Waals surface area contributed by atoms with Crippen LogP contribution in [0.4, 0.5) is 0 Å². The van der Waals surface area contributed by atoms with E-state index in [-0.39, 0.29) is 5.91 Å². The summed E-state index contributed by atoms with van der Waals surface area (Å²) in [7, 11) is 0. The van der Waals surface area contributed by atoms with Crippen molar-refractivity contribution in [1.29, 1.82) is 0 Å². The lowest BCUT2D eigenvalue weighted by Crippen LogP contribution is -2.32. The van der Waals surface area contributed by atoms with Gasteiger partial charge in [0.2, 0.25) is 0 Å². The predicted molar refractivity (Wildman–Crippen MR) is 89.5 cm³/mol. The van der Waals surface area contributed by atoms with Crippen molar-refractivity contribution in [3.8, 4) is 0 Å². The molecule has 0 fully saturated rings. The summed E-state index contributed by atoms with van der Waals surface area (Å²) in [4.78, 5) is 15.3. The van der Waals surface area contributed by atoms with Gasteiger partial charge in [-0.05, 0) is 61.9 Å². The molecule has 20 heavy (non-hydrogen) atoms. The first-order chi connectivity index (χ1) is 9.65. The van der Waals surface area contributed by atoms with E-state index in [0.29, 0.717) is 0 Å². The van der Waals surface area contributed by atoms with E-state index in [1.54, 1.807) is 0 Å². The van der Waals surface area contributed by atoms with Gasteiger partial charge in [0.25, 0.3) is 5.91 Å². The van der Waals surface area contributed by atoms with E-state index in [1.165, 1.54) is 22.5 Å². The molecule has 0 radical (unpaired) electrons. The zero-order valence-electron chi connectivity index (χ0n) is 10.7. The summed E-state index contributed by atoms with van der Waals surface area (Å²) in [5, 5.41) is 0. The maximum atomic E-state index is 12.6. The van der Waals surface area contributed by atoms with E-state index in [4.69, 9.17) is 0 Å². The molecule has 0 saturated carbocycles. The average Bonchev–Trinajstić information content (AvgIpc) is 2.68. The topological polar surface area (TPSA) is 20.3 Å². The largest absolute Gasteiger partial charge is 0.337 e. The van der Waals surface area contributed by atoms with Crippen LogP contribution in [-0.2, 0) is 12.8 Å². The number of fused-ring (bicyclic) bond motifs is 1. The van der Waals surface area contributed by atoms with Crippen LogP contribution in [0, 0.1) is 0 Å². The number of thiophene rings is 1. The fraction of sp³-hybridized carbons (Fsp3) is 0.267. The molecule has 0 unspecified atom stereocenters. The second-order valence-corrected chi connectivity index (χ2v) is 8.02. The number of carbonyl (C=O) groups is 1. The van der Waals surface area contributed by atoms with Gasteiger partial charge in [0.15, 0.2) is 0 Å². The normalized spacial score (nSPS) is 14.8. The molecule has 1 aliphatic rings. The van der Waals surface area contributed by atoms with Crippen LogP contribution in [0.15, 0.2) is 38.6 Å². The Morgan fingerprint density at radius 1 is 1.10 bits per heavy atom. The zero-order chi connectivity index (χ0) is 14.1. The van der Waals surface area contributed by atoms with E-state index < -0.39 is 0 Å². The number of hydrogen-bond acceptors (Lipinski definition) is 2. The van der Waals surface area contributed by atoms with Crippen molar-refractivity contribution in [2.75, 3.05) is 13.1 Å². The number of carbonyl (C=O) groups excluding carboxylic acids is 1. The molecule has 0 N–H and O–H groups in total. The van der Waals surface area contributed by atoms with Crippen molar-refractivity contribution in [2.24, 2.45) is 0 Å². The molecule has 0 atom stereocenters. The molecule has 2 nitrogen and oxygen atoms in total. The SMILES string of the molecule is O=C(c1cc(Br)c(Br)s1)N1CCc2ccccc2CC1. The van der Waals surface area contributed by atoms with Gasteiger partial charge in [-0.15, -0.1) is 11.3 Å². The number of benzene rings is 1. The van der Waals surface area contributed by atoms with Crippen LogP contribution in [0.1, 0.15) is 20.8 Å². The molecule has 2 aromatic rings. The lowest BCUT2D eigenvalue weighted by atomic mass is 10.0. The van der Waals surface area contributed by atoms with Crippen LogP contribution in [0.5, 0.6) is 0 Å². The van der Waals surface area contributed by atoms with E-state index >= 15 is 0 Å². The van der Waals surface area contributed by atoms with Crippen LogP contribution < -0.4 is 0 Å². The van der Waals surface area contributed by atoms with Crippen LogP contribution in [0.2, 0.25) is 0 Å². The molecule has 0 bridgehead atoms. The molecular formula is C15H13Br2NOS. The fourth-order valence-corrected chi connectivity index (χ4v) is 4.48. The second-order valence-electron chi connectivity index (χ2n) is 4.79. The van der Waals surface area contributed by atoms with Gasteiger partial charge in [-0.2, -0.15) is 0 Å². The summed E-state index contributed by atoms with van der Waals surface area (Å²) in [5.74, 6) is 0.134. The summed E-state index contributed by atoms with van der Waals surface area (Å²) in [5.41, 5.74) is 2.74. The number of rotatable bonds is 1. The maximum absolute atomic E-state index is 12.6. The molecule has 0 saturated heterocycles. The molecule has 0 spiro atoms. The molecule has 5 heteroatoms. The average molecular weight is 415 g/mol. The predicted octanol–water partition coefficient (Wildman–Crippen LogP) is 4.51. The summed E-state index contributed by atoms with van der Waals surface area (Å²) in [6.45, 7) is 1.59. The highest BCUT2D eigenvalue weighted by molar-refractivity contribution is 9.13. The lowest BCUT2D eigenvalue weighted by Gasteiger charge is -2.19. The van der Waals surface area contributed by atoms with Crippen LogP contribution in [0.25, 0.3) is 0 Å². The van der Waals surface area contributed by atoms with Crippen molar-refractivity contribution < 1.29 is 4.79 Å². The Labute approximate surface area is 139 Å². The van der Waals surface area contributed by atoms with Crippen molar-refractivity contribution in [3.63, 3.8) is 0 Å². The first-order valence-corrected chi connectivity index (χ1v) is 8.86. The van der Waals surface area contributed by atoms with Crippen molar-refractivity contribution in [2.45, 2.75) is 12.8 Å². The van der Waals surface area contributed by atoms with Crippen molar-refractivity contribution >= 4 is 49.1 Å². The maximum Gasteiger partial charge on any atom is 0.264 e. The second kappa shape index (κ2) is 6.00. The monoisotopic (exact) mass is 413 g/mol. The molecule has 1 aromatic carbocycles. The minimum atomic E-state index is 0.134. The Hall–Kier alpha value is -0.650. The Kier molecular flexibility index (Phi) is 4.29. The molecule has 0 aliphatic carbocycles. The molecule has 3 rings (SSSR count). The summed E-state index contributed by atoms with van der Waals surface area (Å²) in [6.07, 6.45) is 1.88. The molecule has 1 aliphatic heterocycles. The highest BCUT2D eigenvalue weighted by Gasteiger charge is 2.21. The Balaban J connectivity index is 1.78. The Morgan fingerprint density at radius 2 is 1.70 bits per heavy atom. The third-order valence-corrected chi connectivity index (χ3v) is 6.81. The molecular weight excluding hydrogens is 402 g/mol. The van der Waals surface area contributed by atoms with Crippen molar-refractivity contribution in [3.05, 3.63) is 54.6 Å². The molecule has 104 valence electrons. The van der Waals surface area contributed by atoms with E-state index in [0.717, 1.165) is 39.1 Å². The minimum Gasteiger partial charge on any atom is -0.337 e. The third kappa shape index (κ3) is 2.85. The number of hydrogen-bond donors (Lipinski definition) is 0. The highest BCUT2D eigenvalue weighted by atomic mass is 79.9. The zero-order valence-corrected chi connectivity index (χ0v) is 14.7. The smallest absolute Gasteiger partial charge is 0.264 e. The first kappa shape index (κ1) is 14.3. The number of halogens is 2. The molecule has 2 heterocycles. The van der Waals surface area contributed by atoms with Gasteiger partial charge in [-0.3, -0.25) is 4.79 Å². The minimum absolute atomic E-state index is 0.134. The van der Waals surface area contributed by atoms with Gasteiger partial charge < -0.3 is 4.90 Å². The van der Waals surface area contributed by atoms with Gasteiger partial charge in [0.1, 0.15) is 0 Å². The lowest BCUT2D eigenvalue weighted by molar-refractivity contribution is 0.0768. The van der Waals surface area contributed by atoms with Crippen LogP contribution in [-0.4, -0.2) is 23.9 Å². The molecule has 1 amide bonds. The summed E-state index contributed by atoms with van der Waals surface area (Å²) in [6, 6.07) is 10.4. The van der Waals surface area contributed by atoms with E-state index in [1.807, 2.05) is 11.0 Å². The Bertz CT molecular complexity index is 607. The summed E-state index contributed by atoms with van der Waals surface area (Å²) < 4.78 is 1.92. The third-order valence-electron chi connectivity index (χ3n) is 3.56. The van der Waals surface area contributed by atoms with Crippen LogP contribution >= 0.6 is 43.2 Å². The number of nitrogens with zero attached hydrogens (tertiary/aromatic N) is 1. The summed E-state index contributed by atoms with van der Waals surface area (Å²) >= 11 is 8.37. The van der Waals surface area contributed by atoms with E-state index in [2.05, 4.69) is 56.1 Å². The fourth-order valence-electron chi connectivity index (χ4n) is 2.48. The Morgan fingerprint density at radius 3 is 2.20 bits per heavy atom. The standard InChI is InChI=1S/C15H13Br2NOS/c16-12-9-13(20-14(12)17)15(19)18-7-5-10-3-1-2-4-11(10)6-8-18/h1-4,9H,5-8H2. The van der Waals surface area contributed by atoms with Gasteiger partial charge >= 0.3 is 0 Å². The van der Waals surface area contributed by atoms with Gasteiger partial charge in [0, 0.05) is 17.6 Å². The first-order valence-electron chi connectivity index (χ1n) is 6.46. The van der Waals surface area contributed by atoms with Gasteiger partial charge in [0.05, 0.1) is 8.66 Å². The molecule has 1 aromatic heterocycles. The van der Waals surface area contributed by atoms with Crippen molar-refractivity contribution in [1.82, 2.24) is 4.90 Å². The van der Waals surface area contributed by atoms with Gasteiger partial charge in [-0.25, -0.2) is 0 Å². The quantitative estimate of drug-likeness (QED) is 0.671. The highest BCUT2D eigenvalue weighted by Crippen LogP contribution is 2.33. The number of amides is 1. The van der Waals surface area contributed by atoms with E-state index in [9.17, 15) is 4.79 Å². The van der Waals surface area contributed by atoms with Gasteiger partial charge in [-0.1, -0.05) is 24.3 Å². The van der Waals surface area contributed by atoms with Crippen LogP contribution in [0.3, 0.4) is 0 Å².